The van der Waals surface area contributed by atoms with Crippen molar-refractivity contribution >= 4 is 5.91 Å². The molecule has 0 aromatic heterocycles. The molecule has 80 valence electrons. The highest BCUT2D eigenvalue weighted by Gasteiger charge is 2.52. The normalized spacial score (nSPS) is 37.9. The van der Waals surface area contributed by atoms with Crippen LogP contribution in [-0.4, -0.2) is 37.1 Å². The van der Waals surface area contributed by atoms with Gasteiger partial charge in [0, 0.05) is 19.7 Å². The van der Waals surface area contributed by atoms with E-state index in [0.29, 0.717) is 24.5 Å². The van der Waals surface area contributed by atoms with Crippen LogP contribution in [0.3, 0.4) is 0 Å². The van der Waals surface area contributed by atoms with E-state index in [0.717, 1.165) is 19.4 Å². The minimum Gasteiger partial charge on any atom is -0.380 e. The van der Waals surface area contributed by atoms with Crippen LogP contribution < -0.4 is 0 Å². The summed E-state index contributed by atoms with van der Waals surface area (Å²) in [4.78, 5) is 14.0. The Balaban J connectivity index is 2.20. The van der Waals surface area contributed by atoms with Crippen molar-refractivity contribution in [1.29, 1.82) is 0 Å². The van der Waals surface area contributed by atoms with Crippen LogP contribution in [0.15, 0.2) is 0 Å². The number of rotatable bonds is 1. The highest BCUT2D eigenvalue weighted by Crippen LogP contribution is 2.43. The predicted molar refractivity (Wildman–Crippen MR) is 53.9 cm³/mol. The maximum absolute atomic E-state index is 12.1. The predicted octanol–water partition coefficient (Wildman–Crippen LogP) is 1.28. The SMILES string of the molecule is CC(C)C1CC2(CCOC2)C(=O)N1C. The standard InChI is InChI=1S/C11H19NO2/c1-8(2)9-6-11(4-5-14-7-11)10(13)12(9)3/h8-9H,4-7H2,1-3H3. The van der Waals surface area contributed by atoms with E-state index < -0.39 is 0 Å². The van der Waals surface area contributed by atoms with E-state index >= 15 is 0 Å². The van der Waals surface area contributed by atoms with Gasteiger partial charge in [0.1, 0.15) is 0 Å². The van der Waals surface area contributed by atoms with Crippen molar-refractivity contribution in [2.75, 3.05) is 20.3 Å². The van der Waals surface area contributed by atoms with E-state index in [9.17, 15) is 4.79 Å². The van der Waals surface area contributed by atoms with Crippen LogP contribution >= 0.6 is 0 Å². The molecule has 0 aromatic rings. The number of amides is 1. The van der Waals surface area contributed by atoms with Crippen LogP contribution in [-0.2, 0) is 9.53 Å². The van der Waals surface area contributed by atoms with Crippen LogP contribution in [0.5, 0.6) is 0 Å². The molecule has 0 saturated carbocycles. The third-order valence-corrected chi connectivity index (χ3v) is 3.74. The van der Waals surface area contributed by atoms with Crippen LogP contribution in [0.2, 0.25) is 0 Å². The molecule has 3 heteroatoms. The average molecular weight is 197 g/mol. The Morgan fingerprint density at radius 1 is 1.57 bits per heavy atom. The lowest BCUT2D eigenvalue weighted by atomic mass is 9.82. The second kappa shape index (κ2) is 3.23. The Labute approximate surface area is 85.4 Å². The molecular formula is C11H19NO2. The Morgan fingerprint density at radius 2 is 2.29 bits per heavy atom. The van der Waals surface area contributed by atoms with E-state index in [1.807, 2.05) is 11.9 Å². The third-order valence-electron chi connectivity index (χ3n) is 3.74. The largest absolute Gasteiger partial charge is 0.380 e. The van der Waals surface area contributed by atoms with Gasteiger partial charge in [0.05, 0.1) is 12.0 Å². The molecule has 1 spiro atoms. The van der Waals surface area contributed by atoms with E-state index in [2.05, 4.69) is 13.8 Å². The summed E-state index contributed by atoms with van der Waals surface area (Å²) in [5.41, 5.74) is -0.163. The van der Waals surface area contributed by atoms with E-state index in [1.165, 1.54) is 0 Å². The number of hydrogen-bond acceptors (Lipinski definition) is 2. The van der Waals surface area contributed by atoms with Crippen molar-refractivity contribution in [1.82, 2.24) is 4.90 Å². The fraction of sp³-hybridized carbons (Fsp3) is 0.909. The molecule has 1 amide bonds. The summed E-state index contributed by atoms with van der Waals surface area (Å²) in [6.07, 6.45) is 1.90. The molecule has 0 N–H and O–H groups in total. The molecule has 2 aliphatic heterocycles. The molecule has 2 heterocycles. The van der Waals surface area contributed by atoms with Crippen molar-refractivity contribution < 1.29 is 9.53 Å². The number of carbonyl (C=O) groups is 1. The quantitative estimate of drug-likeness (QED) is 0.633. The number of carbonyl (C=O) groups excluding carboxylic acids is 1. The first-order valence-corrected chi connectivity index (χ1v) is 5.42. The fourth-order valence-corrected chi connectivity index (χ4v) is 2.77. The lowest BCUT2D eigenvalue weighted by Gasteiger charge is -2.22. The van der Waals surface area contributed by atoms with Gasteiger partial charge in [0.15, 0.2) is 0 Å². The summed E-state index contributed by atoms with van der Waals surface area (Å²) in [5, 5.41) is 0. The van der Waals surface area contributed by atoms with Crippen molar-refractivity contribution in [3.63, 3.8) is 0 Å². The first-order valence-electron chi connectivity index (χ1n) is 5.42. The molecule has 2 saturated heterocycles. The summed E-state index contributed by atoms with van der Waals surface area (Å²) < 4.78 is 5.38. The molecule has 14 heavy (non-hydrogen) atoms. The second-order valence-corrected chi connectivity index (χ2v) is 5.01. The molecule has 2 unspecified atom stereocenters. The first-order chi connectivity index (χ1) is 6.57. The van der Waals surface area contributed by atoms with Gasteiger partial charge >= 0.3 is 0 Å². The number of likely N-dealkylation sites (tertiary alicyclic amines) is 1. The number of nitrogens with zero attached hydrogens (tertiary/aromatic N) is 1. The molecular weight excluding hydrogens is 178 g/mol. The molecule has 0 bridgehead atoms. The highest BCUT2D eigenvalue weighted by atomic mass is 16.5. The van der Waals surface area contributed by atoms with Gasteiger partial charge in [-0.2, -0.15) is 0 Å². The molecule has 2 fully saturated rings. The van der Waals surface area contributed by atoms with Gasteiger partial charge in [0.2, 0.25) is 5.91 Å². The van der Waals surface area contributed by atoms with Crippen LogP contribution in [0.4, 0.5) is 0 Å². The van der Waals surface area contributed by atoms with Crippen LogP contribution in [0.1, 0.15) is 26.7 Å². The van der Waals surface area contributed by atoms with Crippen molar-refractivity contribution in [3.8, 4) is 0 Å². The van der Waals surface area contributed by atoms with Crippen molar-refractivity contribution in [2.24, 2.45) is 11.3 Å². The van der Waals surface area contributed by atoms with Crippen molar-refractivity contribution in [2.45, 2.75) is 32.7 Å². The Kier molecular flexibility index (Phi) is 2.30. The van der Waals surface area contributed by atoms with Gasteiger partial charge < -0.3 is 9.64 Å². The van der Waals surface area contributed by atoms with Gasteiger partial charge in [-0.3, -0.25) is 4.79 Å². The minimum atomic E-state index is -0.163. The van der Waals surface area contributed by atoms with E-state index in [4.69, 9.17) is 4.74 Å². The summed E-state index contributed by atoms with van der Waals surface area (Å²) in [7, 11) is 1.93. The Bertz CT molecular complexity index is 244. The molecule has 0 radical (unpaired) electrons. The van der Waals surface area contributed by atoms with Crippen LogP contribution in [0.25, 0.3) is 0 Å². The second-order valence-electron chi connectivity index (χ2n) is 5.01. The molecule has 2 rings (SSSR count). The van der Waals surface area contributed by atoms with Gasteiger partial charge in [-0.05, 0) is 18.8 Å². The first kappa shape index (κ1) is 9.97. The Morgan fingerprint density at radius 3 is 2.71 bits per heavy atom. The maximum atomic E-state index is 12.1. The lowest BCUT2D eigenvalue weighted by Crippen LogP contribution is -2.35. The highest BCUT2D eigenvalue weighted by molar-refractivity contribution is 5.85. The maximum Gasteiger partial charge on any atom is 0.231 e. The molecule has 2 aliphatic rings. The minimum absolute atomic E-state index is 0.163. The summed E-state index contributed by atoms with van der Waals surface area (Å²) >= 11 is 0. The van der Waals surface area contributed by atoms with Crippen LogP contribution in [0, 0.1) is 11.3 Å². The smallest absolute Gasteiger partial charge is 0.231 e. The molecule has 2 atom stereocenters. The van der Waals surface area contributed by atoms with E-state index in [-0.39, 0.29) is 5.41 Å². The fourth-order valence-electron chi connectivity index (χ4n) is 2.77. The zero-order chi connectivity index (χ0) is 10.3. The molecule has 3 nitrogen and oxygen atoms in total. The topological polar surface area (TPSA) is 29.5 Å². The average Bonchev–Trinajstić information content (AvgIpc) is 2.68. The van der Waals surface area contributed by atoms with Gasteiger partial charge in [-0.1, -0.05) is 13.8 Å². The summed E-state index contributed by atoms with van der Waals surface area (Å²) in [6.45, 7) is 5.76. The zero-order valence-electron chi connectivity index (χ0n) is 9.25. The Hall–Kier alpha value is -0.570. The van der Waals surface area contributed by atoms with Crippen molar-refractivity contribution in [3.05, 3.63) is 0 Å². The van der Waals surface area contributed by atoms with Gasteiger partial charge in [-0.15, -0.1) is 0 Å². The lowest BCUT2D eigenvalue weighted by molar-refractivity contribution is -0.135. The summed E-state index contributed by atoms with van der Waals surface area (Å²) in [5.74, 6) is 0.845. The van der Waals surface area contributed by atoms with Gasteiger partial charge in [0.25, 0.3) is 0 Å². The monoisotopic (exact) mass is 197 g/mol. The number of ether oxygens (including phenoxy) is 1. The summed E-state index contributed by atoms with van der Waals surface area (Å²) in [6, 6.07) is 0.407. The van der Waals surface area contributed by atoms with E-state index in [1.54, 1.807) is 0 Å². The molecule has 0 aliphatic carbocycles. The zero-order valence-corrected chi connectivity index (χ0v) is 9.25. The number of hydrogen-bond donors (Lipinski definition) is 0. The van der Waals surface area contributed by atoms with Gasteiger partial charge in [-0.25, -0.2) is 0 Å². The third kappa shape index (κ3) is 1.26. The molecule has 0 aromatic carbocycles.